The fourth-order valence-corrected chi connectivity index (χ4v) is 1.48. The van der Waals surface area contributed by atoms with Crippen molar-refractivity contribution in [1.82, 2.24) is 15.1 Å². The van der Waals surface area contributed by atoms with Gasteiger partial charge < -0.3 is 14.9 Å². The lowest BCUT2D eigenvalue weighted by atomic mass is 10.2. The Morgan fingerprint density at radius 3 is 2.56 bits per heavy atom. The van der Waals surface area contributed by atoms with Crippen LogP contribution in [0.25, 0.3) is 0 Å². The number of hydrogen-bond donors (Lipinski definition) is 1. The molecule has 1 saturated heterocycles. The van der Waals surface area contributed by atoms with Crippen molar-refractivity contribution in [2.24, 2.45) is 0 Å². The highest BCUT2D eigenvalue weighted by Gasteiger charge is 2.25. The minimum atomic E-state index is -0.273. The molecule has 1 aliphatic rings. The van der Waals surface area contributed by atoms with Crippen LogP contribution in [0.4, 0.5) is 5.82 Å². The van der Waals surface area contributed by atoms with Gasteiger partial charge in [-0.15, -0.1) is 10.2 Å². The van der Waals surface area contributed by atoms with Gasteiger partial charge in [0.05, 0.1) is 6.10 Å². The van der Waals surface area contributed by atoms with Crippen molar-refractivity contribution in [3.63, 3.8) is 0 Å². The van der Waals surface area contributed by atoms with Crippen molar-refractivity contribution >= 4 is 11.7 Å². The van der Waals surface area contributed by atoms with Crippen molar-refractivity contribution in [3.8, 4) is 0 Å². The number of aromatic nitrogens is 2. The van der Waals surface area contributed by atoms with Crippen molar-refractivity contribution in [2.75, 3.05) is 32.1 Å². The van der Waals surface area contributed by atoms with E-state index in [4.69, 9.17) is 5.11 Å². The number of aliphatic hydroxyl groups excluding tert-OH is 1. The molecule has 0 bridgehead atoms. The molecule has 1 fully saturated rings. The number of hydrogen-bond acceptors (Lipinski definition) is 5. The summed E-state index contributed by atoms with van der Waals surface area (Å²) in [6.07, 6.45) is -0.273. The molecule has 6 heteroatoms. The molecule has 1 aliphatic heterocycles. The zero-order valence-corrected chi connectivity index (χ0v) is 9.29. The number of rotatable bonds is 2. The predicted molar refractivity (Wildman–Crippen MR) is 58.3 cm³/mol. The third-order valence-corrected chi connectivity index (χ3v) is 2.46. The van der Waals surface area contributed by atoms with Crippen LogP contribution in [0.15, 0.2) is 12.1 Å². The van der Waals surface area contributed by atoms with E-state index in [1.165, 1.54) is 4.90 Å². The first-order valence-corrected chi connectivity index (χ1v) is 5.06. The summed E-state index contributed by atoms with van der Waals surface area (Å²) in [6.45, 7) is 1.16. The fraction of sp³-hybridized carbons (Fsp3) is 0.500. The van der Waals surface area contributed by atoms with E-state index < -0.39 is 0 Å². The topological polar surface area (TPSA) is 69.6 Å². The summed E-state index contributed by atoms with van der Waals surface area (Å²) in [5.74, 6) is 0.531. The lowest BCUT2D eigenvalue weighted by Gasteiger charge is -2.36. The van der Waals surface area contributed by atoms with Gasteiger partial charge in [0.1, 0.15) is 0 Å². The lowest BCUT2D eigenvalue weighted by molar-refractivity contribution is 0.0820. The largest absolute Gasteiger partial charge is 0.389 e. The second-order valence-corrected chi connectivity index (χ2v) is 4.04. The van der Waals surface area contributed by atoms with Gasteiger partial charge in [0.2, 0.25) is 0 Å². The maximum atomic E-state index is 11.5. The molecule has 2 rings (SSSR count). The van der Waals surface area contributed by atoms with Crippen LogP contribution in [-0.4, -0.2) is 59.4 Å². The first-order valence-electron chi connectivity index (χ1n) is 5.06. The smallest absolute Gasteiger partial charge is 0.273 e. The van der Waals surface area contributed by atoms with Crippen molar-refractivity contribution in [2.45, 2.75) is 6.10 Å². The Hall–Kier alpha value is -1.69. The van der Waals surface area contributed by atoms with Gasteiger partial charge in [-0.25, -0.2) is 0 Å². The average Bonchev–Trinajstić information content (AvgIpc) is 2.24. The Bertz CT molecular complexity index is 384. The zero-order valence-electron chi connectivity index (χ0n) is 9.29. The maximum absolute atomic E-state index is 11.5. The average molecular weight is 222 g/mol. The highest BCUT2D eigenvalue weighted by atomic mass is 16.3. The van der Waals surface area contributed by atoms with Crippen molar-refractivity contribution < 1.29 is 9.90 Å². The molecular formula is C10H14N4O2. The summed E-state index contributed by atoms with van der Waals surface area (Å²) >= 11 is 0. The molecule has 86 valence electrons. The Morgan fingerprint density at radius 2 is 2.12 bits per heavy atom. The zero-order chi connectivity index (χ0) is 11.7. The first kappa shape index (κ1) is 10.8. The molecule has 0 radical (unpaired) electrons. The standard InChI is InChI=1S/C10H14N4O2/c1-13(2)10(16)8-3-4-9(12-11-8)14-5-7(15)6-14/h3-4,7,15H,5-6H2,1-2H3. The summed E-state index contributed by atoms with van der Waals surface area (Å²) in [6, 6.07) is 3.39. The summed E-state index contributed by atoms with van der Waals surface area (Å²) < 4.78 is 0. The molecule has 0 atom stereocenters. The Kier molecular flexibility index (Phi) is 2.74. The molecule has 1 amide bonds. The summed E-state index contributed by atoms with van der Waals surface area (Å²) in [7, 11) is 3.34. The van der Waals surface area contributed by atoms with Crippen LogP contribution in [0.1, 0.15) is 10.5 Å². The highest BCUT2D eigenvalue weighted by Crippen LogP contribution is 2.17. The van der Waals surface area contributed by atoms with Crippen molar-refractivity contribution in [3.05, 3.63) is 17.8 Å². The van der Waals surface area contributed by atoms with Crippen LogP contribution in [0.3, 0.4) is 0 Å². The van der Waals surface area contributed by atoms with Gasteiger partial charge in [0.15, 0.2) is 11.5 Å². The summed E-state index contributed by atoms with van der Waals surface area (Å²) in [5.41, 5.74) is 0.329. The van der Waals surface area contributed by atoms with E-state index in [1.807, 2.05) is 4.90 Å². The molecule has 1 N–H and O–H groups in total. The molecule has 0 aliphatic carbocycles. The molecule has 0 spiro atoms. The minimum Gasteiger partial charge on any atom is -0.389 e. The quantitative estimate of drug-likeness (QED) is 0.720. The van der Waals surface area contributed by atoms with E-state index in [1.54, 1.807) is 26.2 Å². The van der Waals surface area contributed by atoms with Crippen LogP contribution in [0.5, 0.6) is 0 Å². The summed E-state index contributed by atoms with van der Waals surface area (Å²) in [5, 5.41) is 17.0. The van der Waals surface area contributed by atoms with Crippen LogP contribution >= 0.6 is 0 Å². The predicted octanol–water partition coefficient (Wildman–Crippen LogP) is -0.641. The van der Waals surface area contributed by atoms with Gasteiger partial charge >= 0.3 is 0 Å². The van der Waals surface area contributed by atoms with E-state index in [0.717, 1.165) is 0 Å². The second-order valence-electron chi connectivity index (χ2n) is 4.04. The molecule has 1 aromatic rings. The molecule has 0 unspecified atom stereocenters. The minimum absolute atomic E-state index is 0.164. The monoisotopic (exact) mass is 222 g/mol. The number of carbonyl (C=O) groups is 1. The van der Waals surface area contributed by atoms with Crippen molar-refractivity contribution in [1.29, 1.82) is 0 Å². The van der Waals surface area contributed by atoms with E-state index in [2.05, 4.69) is 10.2 Å². The first-order chi connectivity index (χ1) is 7.58. The fourth-order valence-electron chi connectivity index (χ4n) is 1.48. The van der Waals surface area contributed by atoms with E-state index >= 15 is 0 Å². The van der Waals surface area contributed by atoms with Crippen LogP contribution < -0.4 is 4.90 Å². The molecule has 16 heavy (non-hydrogen) atoms. The molecule has 0 aromatic carbocycles. The molecule has 2 heterocycles. The third kappa shape index (κ3) is 1.96. The van der Waals surface area contributed by atoms with E-state index in [-0.39, 0.29) is 12.0 Å². The van der Waals surface area contributed by atoms with Crippen LogP contribution in [-0.2, 0) is 0 Å². The second kappa shape index (κ2) is 4.05. The number of aliphatic hydroxyl groups is 1. The Morgan fingerprint density at radius 1 is 1.44 bits per heavy atom. The van der Waals surface area contributed by atoms with Gasteiger partial charge in [0, 0.05) is 27.2 Å². The molecule has 0 saturated carbocycles. The van der Waals surface area contributed by atoms with Gasteiger partial charge in [0.25, 0.3) is 5.91 Å². The Labute approximate surface area is 93.5 Å². The number of nitrogens with zero attached hydrogens (tertiary/aromatic N) is 4. The van der Waals surface area contributed by atoms with Crippen LogP contribution in [0.2, 0.25) is 0 Å². The molecule has 1 aromatic heterocycles. The summed E-state index contributed by atoms with van der Waals surface area (Å²) in [4.78, 5) is 14.9. The van der Waals surface area contributed by atoms with Gasteiger partial charge in [-0.2, -0.15) is 0 Å². The molecular weight excluding hydrogens is 208 g/mol. The highest BCUT2D eigenvalue weighted by molar-refractivity contribution is 5.91. The lowest BCUT2D eigenvalue weighted by Crippen LogP contribution is -2.51. The molecule has 6 nitrogen and oxygen atoms in total. The van der Waals surface area contributed by atoms with Gasteiger partial charge in [-0.1, -0.05) is 0 Å². The third-order valence-electron chi connectivity index (χ3n) is 2.46. The number of amides is 1. The number of β-amino-alcohol motifs (C(OH)–C–C–N with tert-alkyl or cyclic N) is 1. The number of carbonyl (C=O) groups excluding carboxylic acids is 1. The van der Waals surface area contributed by atoms with Gasteiger partial charge in [-0.3, -0.25) is 4.79 Å². The number of anilines is 1. The SMILES string of the molecule is CN(C)C(=O)c1ccc(N2CC(O)C2)nn1. The van der Waals surface area contributed by atoms with Gasteiger partial charge in [-0.05, 0) is 12.1 Å². The van der Waals surface area contributed by atoms with Crippen LogP contribution in [0, 0.1) is 0 Å². The Balaban J connectivity index is 2.08. The maximum Gasteiger partial charge on any atom is 0.273 e. The normalized spacial score (nSPS) is 15.8. The van der Waals surface area contributed by atoms with E-state index in [9.17, 15) is 4.79 Å². The van der Waals surface area contributed by atoms with E-state index in [0.29, 0.717) is 24.6 Å².